The zero-order valence-electron chi connectivity index (χ0n) is 16.6. The number of nitrogens with zero attached hydrogens (tertiary/aromatic N) is 3. The van der Waals surface area contributed by atoms with Crippen molar-refractivity contribution in [3.8, 4) is 17.6 Å². The molecule has 7 heteroatoms. The van der Waals surface area contributed by atoms with Crippen LogP contribution in [0.15, 0.2) is 71.1 Å². The minimum atomic E-state index is -0.626. The molecule has 2 N–H and O–H groups in total. The predicted molar refractivity (Wildman–Crippen MR) is 111 cm³/mol. The molecule has 1 atom stereocenters. The summed E-state index contributed by atoms with van der Waals surface area (Å²) in [5.74, 6) is 0.448. The lowest BCUT2D eigenvalue weighted by molar-refractivity contribution is 0.388. The zero-order chi connectivity index (χ0) is 21.3. The van der Waals surface area contributed by atoms with Crippen molar-refractivity contribution in [1.29, 1.82) is 5.26 Å². The van der Waals surface area contributed by atoms with Gasteiger partial charge in [-0.3, -0.25) is 9.78 Å². The normalized spacial score (nSPS) is 15.2. The van der Waals surface area contributed by atoms with E-state index in [1.165, 1.54) is 0 Å². The average molecular weight is 400 g/mol. The highest BCUT2D eigenvalue weighted by atomic mass is 16.5. The van der Waals surface area contributed by atoms with Crippen LogP contribution < -0.4 is 20.8 Å². The van der Waals surface area contributed by atoms with Crippen LogP contribution in [0.3, 0.4) is 0 Å². The van der Waals surface area contributed by atoms with Gasteiger partial charge in [-0.2, -0.15) is 5.26 Å². The van der Waals surface area contributed by atoms with Gasteiger partial charge in [-0.1, -0.05) is 18.2 Å². The Labute approximate surface area is 173 Å². The van der Waals surface area contributed by atoms with E-state index in [2.05, 4.69) is 11.1 Å². The summed E-state index contributed by atoms with van der Waals surface area (Å²) >= 11 is 0. The number of fused-ring (bicyclic) bond motifs is 1. The van der Waals surface area contributed by atoms with Gasteiger partial charge in [0, 0.05) is 29.7 Å². The third kappa shape index (κ3) is 3.18. The molecule has 1 aliphatic rings. The standard InChI is InChI=1S/C23H20N4O3/c1-14-11-19-21(23(28)27(14)13-16-5-3-4-6-18(16)29-2)20(15-7-9-26-10-8-15)17(12-24)22(25)30-19/h3-11,20H,13,25H2,1-2H3. The van der Waals surface area contributed by atoms with Gasteiger partial charge in [0.1, 0.15) is 23.1 Å². The maximum atomic E-state index is 13.6. The number of methoxy groups -OCH3 is 1. The summed E-state index contributed by atoms with van der Waals surface area (Å²) < 4.78 is 12.8. The van der Waals surface area contributed by atoms with Crippen LogP contribution in [0, 0.1) is 18.3 Å². The molecule has 0 bridgehead atoms. The molecule has 2 aromatic heterocycles. The predicted octanol–water partition coefficient (Wildman–Crippen LogP) is 2.83. The molecule has 0 radical (unpaired) electrons. The number of pyridine rings is 2. The number of rotatable bonds is 4. The van der Waals surface area contributed by atoms with Crippen LogP contribution >= 0.6 is 0 Å². The molecule has 0 spiro atoms. The van der Waals surface area contributed by atoms with Gasteiger partial charge in [-0.05, 0) is 30.7 Å². The Kier molecular flexibility index (Phi) is 4.98. The van der Waals surface area contributed by atoms with Gasteiger partial charge in [0.15, 0.2) is 0 Å². The van der Waals surface area contributed by atoms with E-state index in [1.54, 1.807) is 42.3 Å². The molecule has 0 saturated heterocycles. The van der Waals surface area contributed by atoms with E-state index in [-0.39, 0.29) is 17.0 Å². The van der Waals surface area contributed by atoms with E-state index in [0.717, 1.165) is 11.1 Å². The maximum absolute atomic E-state index is 13.6. The molecule has 3 aromatic rings. The smallest absolute Gasteiger partial charge is 0.259 e. The van der Waals surface area contributed by atoms with Gasteiger partial charge in [-0.25, -0.2) is 0 Å². The number of hydrogen-bond acceptors (Lipinski definition) is 6. The minimum absolute atomic E-state index is 0.00749. The molecule has 0 aliphatic carbocycles. The largest absolute Gasteiger partial charge is 0.496 e. The molecule has 1 aromatic carbocycles. The molecule has 0 amide bonds. The summed E-state index contributed by atoms with van der Waals surface area (Å²) in [7, 11) is 1.60. The van der Waals surface area contributed by atoms with Gasteiger partial charge < -0.3 is 19.8 Å². The second-order valence-corrected chi connectivity index (χ2v) is 6.97. The molecule has 0 saturated carbocycles. The van der Waals surface area contributed by atoms with E-state index in [1.807, 2.05) is 31.2 Å². The zero-order valence-corrected chi connectivity index (χ0v) is 16.6. The topological polar surface area (TPSA) is 103 Å². The first-order valence-corrected chi connectivity index (χ1v) is 9.39. The molecular formula is C23H20N4O3. The molecular weight excluding hydrogens is 380 g/mol. The molecule has 150 valence electrons. The fourth-order valence-electron chi connectivity index (χ4n) is 3.78. The number of nitrogens with two attached hydrogens (primary N) is 1. The summed E-state index contributed by atoms with van der Waals surface area (Å²) in [6, 6.07) is 15.0. The van der Waals surface area contributed by atoms with E-state index < -0.39 is 5.92 Å². The number of aromatic nitrogens is 2. The van der Waals surface area contributed by atoms with Crippen LogP contribution in [0.4, 0.5) is 0 Å². The lowest BCUT2D eigenvalue weighted by atomic mass is 9.84. The van der Waals surface area contributed by atoms with E-state index in [4.69, 9.17) is 15.2 Å². The fourth-order valence-corrected chi connectivity index (χ4v) is 3.78. The van der Waals surface area contributed by atoms with Gasteiger partial charge in [0.2, 0.25) is 5.88 Å². The molecule has 30 heavy (non-hydrogen) atoms. The molecule has 4 rings (SSSR count). The number of nitriles is 1. The Bertz CT molecular complexity index is 1240. The summed E-state index contributed by atoms with van der Waals surface area (Å²) in [4.78, 5) is 17.7. The monoisotopic (exact) mass is 400 g/mol. The Morgan fingerprint density at radius 2 is 2.00 bits per heavy atom. The Morgan fingerprint density at radius 1 is 1.27 bits per heavy atom. The molecule has 7 nitrogen and oxygen atoms in total. The highest BCUT2D eigenvalue weighted by molar-refractivity contribution is 5.55. The first-order chi connectivity index (χ1) is 14.5. The van der Waals surface area contributed by atoms with Crippen molar-refractivity contribution < 1.29 is 9.47 Å². The van der Waals surface area contributed by atoms with Gasteiger partial charge in [0.25, 0.3) is 5.56 Å². The van der Waals surface area contributed by atoms with Crippen molar-refractivity contribution in [3.63, 3.8) is 0 Å². The summed E-state index contributed by atoms with van der Waals surface area (Å²) in [6.07, 6.45) is 3.24. The number of ether oxygens (including phenoxy) is 2. The quantitative estimate of drug-likeness (QED) is 0.722. The van der Waals surface area contributed by atoms with E-state index >= 15 is 0 Å². The van der Waals surface area contributed by atoms with Crippen LogP contribution in [0.25, 0.3) is 0 Å². The maximum Gasteiger partial charge on any atom is 0.259 e. The minimum Gasteiger partial charge on any atom is -0.496 e. The van der Waals surface area contributed by atoms with E-state index in [9.17, 15) is 10.1 Å². The summed E-state index contributed by atoms with van der Waals surface area (Å²) in [6.45, 7) is 2.16. The Morgan fingerprint density at radius 3 is 2.70 bits per heavy atom. The van der Waals surface area contributed by atoms with Gasteiger partial charge in [0.05, 0.1) is 25.1 Å². The fraction of sp³-hybridized carbons (Fsp3) is 0.174. The second-order valence-electron chi connectivity index (χ2n) is 6.97. The average Bonchev–Trinajstić information content (AvgIpc) is 2.76. The number of para-hydroxylation sites is 1. The lowest BCUT2D eigenvalue weighted by Crippen LogP contribution is -2.33. The highest BCUT2D eigenvalue weighted by Crippen LogP contribution is 2.40. The van der Waals surface area contributed by atoms with E-state index in [0.29, 0.717) is 29.3 Å². The van der Waals surface area contributed by atoms with Gasteiger partial charge >= 0.3 is 0 Å². The number of aryl methyl sites for hydroxylation is 1. The van der Waals surface area contributed by atoms with Crippen molar-refractivity contribution in [2.75, 3.05) is 7.11 Å². The van der Waals surface area contributed by atoms with Crippen molar-refractivity contribution >= 4 is 0 Å². The van der Waals surface area contributed by atoms with Crippen LogP contribution in [0.5, 0.6) is 11.5 Å². The van der Waals surface area contributed by atoms with Crippen molar-refractivity contribution in [3.05, 3.63) is 99.1 Å². The number of hydrogen-bond donors (Lipinski definition) is 1. The van der Waals surface area contributed by atoms with Crippen molar-refractivity contribution in [1.82, 2.24) is 9.55 Å². The molecule has 1 unspecified atom stereocenters. The first kappa shape index (κ1) is 19.3. The van der Waals surface area contributed by atoms with Crippen LogP contribution in [-0.2, 0) is 6.54 Å². The Hall–Kier alpha value is -4.05. The highest BCUT2D eigenvalue weighted by Gasteiger charge is 2.34. The lowest BCUT2D eigenvalue weighted by Gasteiger charge is -2.27. The molecule has 0 fully saturated rings. The summed E-state index contributed by atoms with van der Waals surface area (Å²) in [5.41, 5.74) is 8.71. The van der Waals surface area contributed by atoms with Crippen molar-refractivity contribution in [2.24, 2.45) is 5.73 Å². The van der Waals surface area contributed by atoms with Crippen molar-refractivity contribution in [2.45, 2.75) is 19.4 Å². The first-order valence-electron chi connectivity index (χ1n) is 9.39. The van der Waals surface area contributed by atoms with Crippen LogP contribution in [0.1, 0.15) is 28.3 Å². The third-order valence-corrected chi connectivity index (χ3v) is 5.25. The van der Waals surface area contributed by atoms with Gasteiger partial charge in [-0.15, -0.1) is 0 Å². The number of allylic oxidation sites excluding steroid dienone is 1. The van der Waals surface area contributed by atoms with Crippen LogP contribution in [0.2, 0.25) is 0 Å². The summed E-state index contributed by atoms with van der Waals surface area (Å²) in [5, 5.41) is 9.73. The number of benzene rings is 1. The molecule has 3 heterocycles. The SMILES string of the molecule is COc1ccccc1Cn1c(C)cc2c(c1=O)C(c1ccncc1)C(C#N)=C(N)O2. The van der Waals surface area contributed by atoms with Crippen LogP contribution in [-0.4, -0.2) is 16.7 Å². The third-order valence-electron chi connectivity index (χ3n) is 5.25. The second kappa shape index (κ2) is 7.76. The molecule has 1 aliphatic heterocycles. The Balaban J connectivity index is 1.92.